The summed E-state index contributed by atoms with van der Waals surface area (Å²) in [7, 11) is 0. The second-order valence-corrected chi connectivity index (χ2v) is 33.5. The van der Waals surface area contributed by atoms with Gasteiger partial charge in [-0.25, -0.2) is 0 Å². The summed E-state index contributed by atoms with van der Waals surface area (Å²) in [5.74, 6) is 0. The highest BCUT2D eigenvalue weighted by Gasteiger charge is 2.22. The maximum atomic E-state index is 2.39. The van der Waals surface area contributed by atoms with E-state index in [2.05, 4.69) is 482 Å². The molecule has 0 radical (unpaired) electrons. The fourth-order valence-electron chi connectivity index (χ4n) is 17.2. The number of anilines is 9. The lowest BCUT2D eigenvalue weighted by Gasteiger charge is -2.27. The lowest BCUT2D eigenvalue weighted by molar-refractivity contribution is 1.29. The van der Waals surface area contributed by atoms with Crippen LogP contribution >= 0.6 is 34.0 Å². The minimum Gasteiger partial charge on any atom is -0.310 e. The van der Waals surface area contributed by atoms with Gasteiger partial charge in [0.05, 0.1) is 5.69 Å². The Morgan fingerprint density at radius 1 is 0.133 bits per heavy atom. The number of nitrogens with zero attached hydrogens (tertiary/aromatic N) is 3. The van der Waals surface area contributed by atoms with Gasteiger partial charge in [-0.2, -0.15) is 0 Å². The number of thiophene rings is 3. The summed E-state index contributed by atoms with van der Waals surface area (Å²) in [6.45, 7) is 0. The predicted molar refractivity (Wildman–Crippen MR) is 522 cm³/mol. The maximum Gasteiger partial charge on any atom is 0.0540 e. The van der Waals surface area contributed by atoms with Crippen molar-refractivity contribution in [2.24, 2.45) is 0 Å². The molecule has 0 aliphatic carbocycles. The van der Waals surface area contributed by atoms with Gasteiger partial charge in [-0.05, 0) is 222 Å². The molecule has 23 aromatic rings. The molecule has 120 heavy (non-hydrogen) atoms. The zero-order chi connectivity index (χ0) is 79.7. The van der Waals surface area contributed by atoms with Crippen molar-refractivity contribution < 1.29 is 0 Å². The third kappa shape index (κ3) is 14.3. The summed E-state index contributed by atoms with van der Waals surface area (Å²) in [5, 5.41) is 15.4. The molecular formula is C114H77N3S3. The van der Waals surface area contributed by atoms with E-state index < -0.39 is 0 Å². The highest BCUT2D eigenvalue weighted by Crippen LogP contribution is 2.48. The zero-order valence-electron chi connectivity index (χ0n) is 65.5. The van der Waals surface area contributed by atoms with E-state index >= 15 is 0 Å². The van der Waals surface area contributed by atoms with Crippen molar-refractivity contribution in [3.8, 4) is 55.6 Å². The summed E-state index contributed by atoms with van der Waals surface area (Å²) < 4.78 is 7.91. The molecule has 0 saturated heterocycles. The molecular weight excluding hydrogens is 1510 g/mol. The number of rotatable bonds is 14. The van der Waals surface area contributed by atoms with Gasteiger partial charge in [-0.15, -0.1) is 34.0 Å². The molecule has 0 aliphatic heterocycles. The van der Waals surface area contributed by atoms with Crippen LogP contribution in [0.1, 0.15) is 0 Å². The number of benzene rings is 20. The second kappa shape index (κ2) is 32.4. The Kier molecular flexibility index (Phi) is 19.7. The van der Waals surface area contributed by atoms with Crippen molar-refractivity contribution in [1.82, 2.24) is 0 Å². The second-order valence-electron chi connectivity index (χ2n) is 30.2. The molecule has 3 aromatic heterocycles. The summed E-state index contributed by atoms with van der Waals surface area (Å²) in [6.07, 6.45) is 0. The molecule has 3 heterocycles. The van der Waals surface area contributed by atoms with E-state index in [-0.39, 0.29) is 0 Å². The molecule has 20 aromatic carbocycles. The van der Waals surface area contributed by atoms with Crippen molar-refractivity contribution in [3.05, 3.63) is 467 Å². The Balaban J connectivity index is 0.000000112. The van der Waals surface area contributed by atoms with E-state index in [9.17, 15) is 0 Å². The van der Waals surface area contributed by atoms with Crippen LogP contribution in [0.25, 0.3) is 148 Å². The van der Waals surface area contributed by atoms with Gasteiger partial charge in [-0.1, -0.05) is 328 Å². The minimum atomic E-state index is 1.13. The average Bonchev–Trinajstić information content (AvgIpc) is 1.58. The normalized spacial score (nSPS) is 11.3. The Hall–Kier alpha value is -14.8. The predicted octanol–water partition coefficient (Wildman–Crippen LogP) is 34.4. The van der Waals surface area contributed by atoms with Gasteiger partial charge in [-0.3, -0.25) is 0 Å². The first kappa shape index (κ1) is 72.9. The molecule has 0 N–H and O–H groups in total. The molecule has 566 valence electrons. The fourth-order valence-corrected chi connectivity index (χ4v) is 20.4. The van der Waals surface area contributed by atoms with E-state index in [0.29, 0.717) is 0 Å². The topological polar surface area (TPSA) is 9.72 Å². The Bertz CT molecular complexity index is 7440. The first-order chi connectivity index (χ1) is 59.5. The standard InChI is InChI=1S/C44H29NS.C36H25NS.C34H23NS/c1-3-13-37-30(9-1)11-7-16-39(37)32-19-23-34(24-20-32)45(36-27-28-44-42(29-36)41-15-5-6-18-43(41)46-44)35-25-21-33(22-26-35)40-17-8-12-31-10-2-4-14-38(31)40;1-3-11-26(12-4-1)28-15-9-17-30(23-28)37(31-18-10-16-29(24-31)27-13-5-2-6-14-27)32-21-22-36-34(25-32)33-19-7-8-20-35(33)38-36;1-2-9-24(10-3-1)25-17-19-27(20-18-25)35(32-15-8-12-26-11-4-5-13-29(26)32)28-21-22-34-31(23-28)30-14-6-7-16-33(30)36-34/h1-29H;1-25H;1-23H. The Morgan fingerprint density at radius 3 is 0.808 bits per heavy atom. The first-order valence-corrected chi connectivity index (χ1v) is 43.2. The molecule has 0 saturated carbocycles. The molecule has 0 spiro atoms. The molecule has 0 aliphatic rings. The van der Waals surface area contributed by atoms with Crippen LogP contribution in [0.3, 0.4) is 0 Å². The summed E-state index contributed by atoms with van der Waals surface area (Å²) in [4.78, 5) is 7.15. The molecule has 23 rings (SSSR count). The molecule has 0 bridgehead atoms. The third-order valence-corrected chi connectivity index (χ3v) is 26.4. The minimum absolute atomic E-state index is 1.13. The number of fused-ring (bicyclic) bond motifs is 12. The van der Waals surface area contributed by atoms with Crippen LogP contribution in [0.4, 0.5) is 51.2 Å². The van der Waals surface area contributed by atoms with Crippen molar-refractivity contribution in [2.45, 2.75) is 0 Å². The summed E-state index contributed by atoms with van der Waals surface area (Å²) >= 11 is 5.57. The quantitative estimate of drug-likeness (QED) is 0.107. The third-order valence-electron chi connectivity index (χ3n) is 23.0. The monoisotopic (exact) mass is 1580 g/mol. The molecule has 3 nitrogen and oxygen atoms in total. The van der Waals surface area contributed by atoms with E-state index in [1.807, 2.05) is 34.0 Å². The number of hydrogen-bond acceptors (Lipinski definition) is 6. The van der Waals surface area contributed by atoms with Gasteiger partial charge in [0.1, 0.15) is 0 Å². The van der Waals surface area contributed by atoms with E-state index in [4.69, 9.17) is 0 Å². The molecule has 6 heteroatoms. The van der Waals surface area contributed by atoms with E-state index in [1.54, 1.807) is 0 Å². The van der Waals surface area contributed by atoms with Gasteiger partial charge >= 0.3 is 0 Å². The van der Waals surface area contributed by atoms with Gasteiger partial charge in [0.15, 0.2) is 0 Å². The first-order valence-electron chi connectivity index (χ1n) is 40.7. The smallest absolute Gasteiger partial charge is 0.0540 e. The van der Waals surface area contributed by atoms with Gasteiger partial charge in [0.25, 0.3) is 0 Å². The van der Waals surface area contributed by atoms with Crippen molar-refractivity contribution >= 4 is 178 Å². The lowest BCUT2D eigenvalue weighted by atomic mass is 9.97. The van der Waals surface area contributed by atoms with Crippen LogP contribution in [-0.4, -0.2) is 0 Å². The number of hydrogen-bond donors (Lipinski definition) is 0. The Morgan fingerprint density at radius 2 is 0.392 bits per heavy atom. The molecule has 0 fully saturated rings. The van der Waals surface area contributed by atoms with Crippen molar-refractivity contribution in [2.75, 3.05) is 14.7 Å². The van der Waals surface area contributed by atoms with Crippen LogP contribution < -0.4 is 14.7 Å². The largest absolute Gasteiger partial charge is 0.310 e. The fraction of sp³-hybridized carbons (Fsp3) is 0. The van der Waals surface area contributed by atoms with Crippen LogP contribution in [0.2, 0.25) is 0 Å². The summed E-state index contributed by atoms with van der Waals surface area (Å²) in [6, 6.07) is 169. The van der Waals surface area contributed by atoms with E-state index in [0.717, 1.165) is 45.5 Å². The van der Waals surface area contributed by atoms with Crippen LogP contribution in [0.15, 0.2) is 467 Å². The van der Waals surface area contributed by atoms with Gasteiger partial charge in [0, 0.05) is 111 Å². The highest BCUT2D eigenvalue weighted by atomic mass is 32.1. The van der Waals surface area contributed by atoms with E-state index in [1.165, 1.54) is 154 Å². The lowest BCUT2D eigenvalue weighted by Crippen LogP contribution is -2.10. The molecule has 0 atom stereocenters. The van der Waals surface area contributed by atoms with Crippen LogP contribution in [0, 0.1) is 0 Å². The summed E-state index contributed by atoms with van der Waals surface area (Å²) in [5.41, 5.74) is 22.5. The van der Waals surface area contributed by atoms with Gasteiger partial charge in [0.2, 0.25) is 0 Å². The zero-order valence-corrected chi connectivity index (χ0v) is 68.0. The van der Waals surface area contributed by atoms with Crippen LogP contribution in [-0.2, 0) is 0 Å². The van der Waals surface area contributed by atoms with Gasteiger partial charge < -0.3 is 14.7 Å². The van der Waals surface area contributed by atoms with Crippen molar-refractivity contribution in [3.63, 3.8) is 0 Å². The Labute approximate surface area is 710 Å². The molecule has 0 amide bonds. The van der Waals surface area contributed by atoms with Crippen LogP contribution in [0.5, 0.6) is 0 Å². The van der Waals surface area contributed by atoms with Crippen molar-refractivity contribution in [1.29, 1.82) is 0 Å². The SMILES string of the molecule is c1ccc(-c2ccc(N(c3ccc4sc5ccccc5c4c3)c3cccc4ccccc34)cc2)cc1.c1ccc(-c2cccc(N(c3cccc(-c4ccccc4)c3)c3ccc4sc5ccccc5c4c3)c2)cc1.c1ccc2c(-c3ccc(N(c4ccc(-c5cccc6ccccc56)cc4)c4ccc5sc6ccccc6c5c4)cc3)cccc2c1. The highest BCUT2D eigenvalue weighted by molar-refractivity contribution is 7.26. The maximum absolute atomic E-state index is 2.39. The average molecular weight is 1590 g/mol. The molecule has 0 unspecified atom stereocenters.